The SMILES string of the molecule is C[C@H]1O[C@@H](OCC(=O)[C@@]2(O)CC[C@H]3[C@@H]4CCC5=CC(=O)C=C[C@]5(C)[C@H]4C(O)C[C@@]32C)[C@H](O)[C@@H](O)[C@@H]1O. The number of carbonyl (C=O) groups is 2. The van der Waals surface area contributed by atoms with Crippen molar-refractivity contribution in [1.29, 1.82) is 0 Å². The first kappa shape index (κ1) is 26.2. The van der Waals surface area contributed by atoms with E-state index in [0.29, 0.717) is 6.42 Å². The van der Waals surface area contributed by atoms with Gasteiger partial charge < -0.3 is 35.0 Å². The van der Waals surface area contributed by atoms with Crippen molar-refractivity contribution >= 4 is 11.6 Å². The average Bonchev–Trinajstić information content (AvgIpc) is 3.10. The molecule has 5 rings (SSSR count). The molecule has 0 bridgehead atoms. The van der Waals surface area contributed by atoms with Crippen molar-refractivity contribution in [3.8, 4) is 0 Å². The molecular formula is C27H38O9. The van der Waals surface area contributed by atoms with Gasteiger partial charge in [-0.3, -0.25) is 9.59 Å². The van der Waals surface area contributed by atoms with Crippen LogP contribution in [0.2, 0.25) is 0 Å². The van der Waals surface area contributed by atoms with Crippen molar-refractivity contribution in [3.63, 3.8) is 0 Å². The van der Waals surface area contributed by atoms with Gasteiger partial charge in [0.1, 0.15) is 30.5 Å². The quantitative estimate of drug-likeness (QED) is 0.365. The highest BCUT2D eigenvalue weighted by molar-refractivity contribution is 6.01. The fourth-order valence-corrected chi connectivity index (χ4v) is 8.22. The molecular weight excluding hydrogens is 468 g/mol. The third kappa shape index (κ3) is 3.62. The summed E-state index contributed by atoms with van der Waals surface area (Å²) in [5.41, 5.74) is -1.97. The molecule has 3 saturated carbocycles. The van der Waals surface area contributed by atoms with Crippen LogP contribution in [-0.2, 0) is 19.1 Å². The lowest BCUT2D eigenvalue weighted by Crippen LogP contribution is -2.62. The van der Waals surface area contributed by atoms with Gasteiger partial charge in [0.15, 0.2) is 17.9 Å². The summed E-state index contributed by atoms with van der Waals surface area (Å²) in [5, 5.41) is 53.3. The summed E-state index contributed by atoms with van der Waals surface area (Å²) in [6.45, 7) is 4.95. The number of ether oxygens (including phenoxy) is 2. The Hall–Kier alpha value is -1.46. The summed E-state index contributed by atoms with van der Waals surface area (Å²) in [6, 6.07) is 0. The van der Waals surface area contributed by atoms with Crippen molar-refractivity contribution < 1.29 is 44.6 Å². The molecule has 0 radical (unpaired) electrons. The van der Waals surface area contributed by atoms with Crippen LogP contribution in [-0.4, -0.2) is 86.1 Å². The molecule has 9 nitrogen and oxygen atoms in total. The Bertz CT molecular complexity index is 992. The number of carbonyl (C=O) groups excluding carboxylic acids is 2. The van der Waals surface area contributed by atoms with Crippen molar-refractivity contribution in [2.24, 2.45) is 28.6 Å². The maximum atomic E-state index is 13.4. The van der Waals surface area contributed by atoms with E-state index in [0.717, 1.165) is 18.4 Å². The molecule has 0 aromatic rings. The highest BCUT2D eigenvalue weighted by Gasteiger charge is 2.68. The van der Waals surface area contributed by atoms with Gasteiger partial charge in [0.05, 0.1) is 12.2 Å². The molecule has 1 unspecified atom stereocenters. The highest BCUT2D eigenvalue weighted by Crippen LogP contribution is 2.67. The van der Waals surface area contributed by atoms with Crippen LogP contribution in [0.1, 0.15) is 52.9 Å². The summed E-state index contributed by atoms with van der Waals surface area (Å²) in [7, 11) is 0. The van der Waals surface area contributed by atoms with E-state index >= 15 is 0 Å². The predicted octanol–water partition coefficient (Wildman–Crippen LogP) is 0.409. The second-order valence-electron chi connectivity index (χ2n) is 12.0. The van der Waals surface area contributed by atoms with E-state index in [1.807, 2.05) is 13.0 Å². The Labute approximate surface area is 210 Å². The third-order valence-electron chi connectivity index (χ3n) is 10.3. The fourth-order valence-electron chi connectivity index (χ4n) is 8.22. The van der Waals surface area contributed by atoms with Crippen LogP contribution in [0.25, 0.3) is 0 Å². The Kier molecular flexibility index (Phi) is 6.39. The van der Waals surface area contributed by atoms with E-state index in [4.69, 9.17) is 9.47 Å². The molecule has 0 spiro atoms. The fraction of sp³-hybridized carbons (Fsp3) is 0.778. The van der Waals surface area contributed by atoms with E-state index in [1.165, 1.54) is 6.92 Å². The topological polar surface area (TPSA) is 154 Å². The van der Waals surface area contributed by atoms with Crippen LogP contribution in [0.3, 0.4) is 0 Å². The number of rotatable bonds is 4. The van der Waals surface area contributed by atoms with Crippen LogP contribution in [0.4, 0.5) is 0 Å². The number of Topliss-reactive ketones (excluding diaryl/α,β-unsaturated/α-hetero) is 1. The molecule has 4 aliphatic carbocycles. The van der Waals surface area contributed by atoms with E-state index in [2.05, 4.69) is 6.92 Å². The summed E-state index contributed by atoms with van der Waals surface area (Å²) < 4.78 is 10.9. The number of hydrogen-bond donors (Lipinski definition) is 5. The second-order valence-corrected chi connectivity index (χ2v) is 12.0. The second kappa shape index (κ2) is 8.80. The minimum absolute atomic E-state index is 0.0118. The minimum Gasteiger partial charge on any atom is -0.393 e. The van der Waals surface area contributed by atoms with Crippen molar-refractivity contribution in [2.75, 3.05) is 6.61 Å². The molecule has 1 aliphatic heterocycles. The third-order valence-corrected chi connectivity index (χ3v) is 10.3. The Morgan fingerprint density at radius 3 is 2.58 bits per heavy atom. The zero-order valence-corrected chi connectivity index (χ0v) is 21.0. The molecule has 4 fully saturated rings. The molecule has 200 valence electrons. The van der Waals surface area contributed by atoms with Crippen molar-refractivity contribution in [1.82, 2.24) is 0 Å². The van der Waals surface area contributed by atoms with Gasteiger partial charge in [0, 0.05) is 16.7 Å². The Morgan fingerprint density at radius 2 is 1.86 bits per heavy atom. The number of aliphatic hydroxyl groups excluding tert-OH is 4. The molecule has 0 aromatic carbocycles. The minimum atomic E-state index is -1.72. The monoisotopic (exact) mass is 506 g/mol. The largest absolute Gasteiger partial charge is 0.393 e. The molecule has 5 N–H and O–H groups in total. The first-order chi connectivity index (χ1) is 16.8. The lowest BCUT2D eigenvalue weighted by molar-refractivity contribution is -0.292. The molecule has 5 aliphatic rings. The van der Waals surface area contributed by atoms with E-state index in [-0.39, 0.29) is 36.4 Å². The van der Waals surface area contributed by atoms with Gasteiger partial charge in [0.25, 0.3) is 0 Å². The molecule has 12 atom stereocenters. The number of hydrogen-bond acceptors (Lipinski definition) is 9. The van der Waals surface area contributed by atoms with Crippen LogP contribution in [0, 0.1) is 28.6 Å². The maximum Gasteiger partial charge on any atom is 0.190 e. The maximum absolute atomic E-state index is 13.4. The average molecular weight is 507 g/mol. The number of ketones is 2. The van der Waals surface area contributed by atoms with E-state index < -0.39 is 65.6 Å². The van der Waals surface area contributed by atoms with Gasteiger partial charge >= 0.3 is 0 Å². The van der Waals surface area contributed by atoms with Gasteiger partial charge in [-0.1, -0.05) is 25.5 Å². The van der Waals surface area contributed by atoms with Gasteiger partial charge in [-0.15, -0.1) is 0 Å². The summed E-state index contributed by atoms with van der Waals surface area (Å²) in [5.74, 6) is -0.581. The summed E-state index contributed by atoms with van der Waals surface area (Å²) in [6.07, 6.45) is 0.664. The normalized spacial score (nSPS) is 52.3. The highest BCUT2D eigenvalue weighted by atomic mass is 16.7. The number of aliphatic hydroxyl groups is 5. The van der Waals surface area contributed by atoms with E-state index in [9.17, 15) is 35.1 Å². The zero-order valence-electron chi connectivity index (χ0n) is 21.0. The lowest BCUT2D eigenvalue weighted by Gasteiger charge is -2.59. The predicted molar refractivity (Wildman–Crippen MR) is 126 cm³/mol. The smallest absolute Gasteiger partial charge is 0.190 e. The summed E-state index contributed by atoms with van der Waals surface area (Å²) in [4.78, 5) is 25.4. The van der Waals surface area contributed by atoms with Crippen LogP contribution >= 0.6 is 0 Å². The molecule has 1 heterocycles. The van der Waals surface area contributed by atoms with Gasteiger partial charge in [-0.05, 0) is 63.0 Å². The molecule has 1 saturated heterocycles. The molecule has 0 aromatic heterocycles. The summed E-state index contributed by atoms with van der Waals surface area (Å²) >= 11 is 0. The van der Waals surface area contributed by atoms with Crippen LogP contribution < -0.4 is 0 Å². The molecule has 9 heteroatoms. The van der Waals surface area contributed by atoms with Gasteiger partial charge in [-0.2, -0.15) is 0 Å². The van der Waals surface area contributed by atoms with E-state index in [1.54, 1.807) is 12.2 Å². The van der Waals surface area contributed by atoms with Crippen LogP contribution in [0.5, 0.6) is 0 Å². The molecule has 36 heavy (non-hydrogen) atoms. The number of fused-ring (bicyclic) bond motifs is 5. The Balaban J connectivity index is 1.34. The van der Waals surface area contributed by atoms with Gasteiger partial charge in [0.2, 0.25) is 0 Å². The lowest BCUT2D eigenvalue weighted by atomic mass is 9.46. The standard InChI is InChI=1S/C27H38O9/c1-13-21(31)22(32)23(33)24(36-13)35-12-19(30)27(34)9-7-17-16-5-4-14-10-15(28)6-8-25(14,2)20(16)18(29)11-26(17,27)3/h6,8,10,13,16-18,20-24,29,31-34H,4-5,7,9,11-12H2,1-3H3/t13-,16+,17+,18?,20-,21-,22+,23-,24-,25+,26+,27+/m1/s1. The zero-order chi connectivity index (χ0) is 26.2. The van der Waals surface area contributed by atoms with Crippen LogP contribution in [0.15, 0.2) is 23.8 Å². The first-order valence-electron chi connectivity index (χ1n) is 13.0. The first-order valence-corrected chi connectivity index (χ1v) is 13.0. The van der Waals surface area contributed by atoms with Crippen molar-refractivity contribution in [2.45, 2.75) is 95.3 Å². The van der Waals surface area contributed by atoms with Gasteiger partial charge in [-0.25, -0.2) is 0 Å². The molecule has 0 amide bonds. The Morgan fingerprint density at radius 1 is 1.14 bits per heavy atom. The number of allylic oxidation sites excluding steroid dienone is 4. The van der Waals surface area contributed by atoms with Crippen molar-refractivity contribution in [3.05, 3.63) is 23.8 Å².